The zero-order valence-electron chi connectivity index (χ0n) is 16.0. The minimum absolute atomic E-state index is 0.0594. The summed E-state index contributed by atoms with van der Waals surface area (Å²) >= 11 is 0. The van der Waals surface area contributed by atoms with Crippen LogP contribution in [0.4, 0.5) is 4.79 Å². The van der Waals surface area contributed by atoms with E-state index in [9.17, 15) is 14.4 Å². The molecule has 0 saturated carbocycles. The van der Waals surface area contributed by atoms with Gasteiger partial charge in [-0.15, -0.1) is 0 Å². The number of urea groups is 1. The van der Waals surface area contributed by atoms with Crippen LogP contribution >= 0.6 is 0 Å². The second kappa shape index (κ2) is 10.1. The Hall–Kier alpha value is -3.35. The summed E-state index contributed by atoms with van der Waals surface area (Å²) < 4.78 is 4.82. The highest BCUT2D eigenvalue weighted by molar-refractivity contribution is 5.85. The summed E-state index contributed by atoms with van der Waals surface area (Å²) in [6, 6.07) is 14.6. The van der Waals surface area contributed by atoms with Gasteiger partial charge in [0.25, 0.3) is 0 Å². The van der Waals surface area contributed by atoms with E-state index < -0.39 is 30.0 Å². The van der Waals surface area contributed by atoms with Crippen LogP contribution in [-0.2, 0) is 20.7 Å². The summed E-state index contributed by atoms with van der Waals surface area (Å²) in [4.78, 5) is 36.1. The lowest BCUT2D eigenvalue weighted by Gasteiger charge is -2.22. The highest BCUT2D eigenvalue weighted by Crippen LogP contribution is 2.20. The van der Waals surface area contributed by atoms with Crippen LogP contribution in [-0.4, -0.2) is 31.1 Å². The van der Waals surface area contributed by atoms with E-state index in [-0.39, 0.29) is 6.42 Å². The predicted molar refractivity (Wildman–Crippen MR) is 105 cm³/mol. The maximum absolute atomic E-state index is 12.6. The zero-order chi connectivity index (χ0) is 20.5. The molecular weight excluding hydrogens is 358 g/mol. The lowest BCUT2D eigenvalue weighted by Crippen LogP contribution is -2.45. The maximum atomic E-state index is 12.6. The van der Waals surface area contributed by atoms with Crippen molar-refractivity contribution in [1.82, 2.24) is 10.6 Å². The Morgan fingerprint density at radius 1 is 1.00 bits per heavy atom. The van der Waals surface area contributed by atoms with E-state index in [0.29, 0.717) is 6.42 Å². The smallest absolute Gasteiger partial charge is 0.328 e. The van der Waals surface area contributed by atoms with Crippen molar-refractivity contribution in [1.29, 1.82) is 0 Å². The van der Waals surface area contributed by atoms with Crippen molar-refractivity contribution in [2.45, 2.75) is 31.8 Å². The Morgan fingerprint density at radius 2 is 1.64 bits per heavy atom. The number of nitrogens with one attached hydrogen (secondary N) is 2. The van der Waals surface area contributed by atoms with Gasteiger partial charge >= 0.3 is 12.0 Å². The number of hydrogen-bond donors (Lipinski definition) is 3. The van der Waals surface area contributed by atoms with Gasteiger partial charge in [-0.2, -0.15) is 0 Å². The van der Waals surface area contributed by atoms with Gasteiger partial charge < -0.3 is 21.1 Å². The first-order chi connectivity index (χ1) is 13.4. The van der Waals surface area contributed by atoms with E-state index in [1.807, 2.05) is 61.5 Å². The average Bonchev–Trinajstić information content (AvgIpc) is 2.67. The molecule has 0 unspecified atom stereocenters. The quantitative estimate of drug-likeness (QED) is 0.606. The Balaban J connectivity index is 2.13. The molecule has 148 valence electrons. The fraction of sp³-hybridized carbons (Fsp3) is 0.286. The van der Waals surface area contributed by atoms with Gasteiger partial charge in [-0.05, 0) is 23.6 Å². The highest BCUT2D eigenvalue weighted by atomic mass is 16.5. The fourth-order valence-corrected chi connectivity index (χ4v) is 3.01. The van der Waals surface area contributed by atoms with E-state index in [1.54, 1.807) is 0 Å². The molecule has 2 rings (SSSR count). The molecule has 28 heavy (non-hydrogen) atoms. The molecule has 0 spiro atoms. The number of rotatable bonds is 8. The number of benzene rings is 2. The largest absolute Gasteiger partial charge is 0.467 e. The second-order valence-corrected chi connectivity index (χ2v) is 6.45. The van der Waals surface area contributed by atoms with Crippen LogP contribution in [0.5, 0.6) is 0 Å². The van der Waals surface area contributed by atoms with E-state index >= 15 is 0 Å². The minimum Gasteiger partial charge on any atom is -0.467 e. The number of aryl methyl sites for hydroxylation is 1. The van der Waals surface area contributed by atoms with Gasteiger partial charge in [-0.25, -0.2) is 9.59 Å². The lowest BCUT2D eigenvalue weighted by atomic mass is 9.98. The molecule has 2 aromatic rings. The monoisotopic (exact) mass is 383 g/mol. The number of nitrogens with two attached hydrogens (primary N) is 1. The first-order valence-corrected chi connectivity index (χ1v) is 8.93. The average molecular weight is 383 g/mol. The van der Waals surface area contributed by atoms with E-state index in [0.717, 1.165) is 16.7 Å². The molecule has 0 saturated heterocycles. The topological polar surface area (TPSA) is 111 Å². The third-order valence-corrected chi connectivity index (χ3v) is 4.37. The Labute approximate surface area is 164 Å². The number of carbonyl (C=O) groups is 3. The maximum Gasteiger partial charge on any atom is 0.328 e. The van der Waals surface area contributed by atoms with Crippen LogP contribution in [0.2, 0.25) is 0 Å². The van der Waals surface area contributed by atoms with Crippen molar-refractivity contribution in [3.8, 4) is 0 Å². The summed E-state index contributed by atoms with van der Waals surface area (Å²) in [5.74, 6) is -0.930. The molecule has 0 heterocycles. The molecule has 7 nitrogen and oxygen atoms in total. The molecule has 7 heteroatoms. The molecule has 4 N–H and O–H groups in total. The fourth-order valence-electron chi connectivity index (χ4n) is 3.01. The number of esters is 1. The van der Waals surface area contributed by atoms with Crippen molar-refractivity contribution in [2.75, 3.05) is 7.11 Å². The summed E-state index contributed by atoms with van der Waals surface area (Å²) in [6.07, 6.45) is 0.244. The van der Waals surface area contributed by atoms with E-state index in [2.05, 4.69) is 10.6 Å². The van der Waals surface area contributed by atoms with Crippen LogP contribution in [0.15, 0.2) is 54.6 Å². The van der Waals surface area contributed by atoms with Gasteiger partial charge in [-0.1, -0.05) is 54.6 Å². The molecule has 0 aromatic heterocycles. The van der Waals surface area contributed by atoms with Crippen molar-refractivity contribution in [3.63, 3.8) is 0 Å². The lowest BCUT2D eigenvalue weighted by molar-refractivity contribution is -0.145. The zero-order valence-corrected chi connectivity index (χ0v) is 16.0. The van der Waals surface area contributed by atoms with Crippen LogP contribution in [0, 0.1) is 6.92 Å². The molecule has 0 fully saturated rings. The Morgan fingerprint density at radius 3 is 2.25 bits per heavy atom. The minimum atomic E-state index is -0.828. The molecule has 0 radical (unpaired) electrons. The second-order valence-electron chi connectivity index (χ2n) is 6.45. The number of carbonyl (C=O) groups excluding carboxylic acids is 3. The number of amides is 3. The Kier molecular flexibility index (Phi) is 7.56. The van der Waals surface area contributed by atoms with Gasteiger partial charge in [0.2, 0.25) is 5.91 Å². The molecular formula is C21H25N3O4. The Bertz CT molecular complexity index is 823. The summed E-state index contributed by atoms with van der Waals surface area (Å²) in [5, 5.41) is 5.30. The van der Waals surface area contributed by atoms with Crippen LogP contribution < -0.4 is 16.4 Å². The SMILES string of the molecule is COC(=O)[C@H](Cc1ccccc1)NC(=O)C[C@@H](NC(N)=O)c1ccccc1C. The number of hydrogen-bond acceptors (Lipinski definition) is 4. The number of ether oxygens (including phenoxy) is 1. The van der Waals surface area contributed by atoms with Crippen molar-refractivity contribution >= 4 is 17.9 Å². The summed E-state index contributed by atoms with van der Waals surface area (Å²) in [7, 11) is 1.28. The highest BCUT2D eigenvalue weighted by Gasteiger charge is 2.25. The first-order valence-electron chi connectivity index (χ1n) is 8.93. The molecule has 0 aliphatic carbocycles. The number of methoxy groups -OCH3 is 1. The number of primary amides is 1. The molecule has 0 bridgehead atoms. The third-order valence-electron chi connectivity index (χ3n) is 4.37. The molecule has 0 aliphatic rings. The molecule has 2 atom stereocenters. The third kappa shape index (κ3) is 6.12. The van der Waals surface area contributed by atoms with Crippen LogP contribution in [0.1, 0.15) is 29.2 Å². The first kappa shape index (κ1) is 21.0. The predicted octanol–water partition coefficient (Wildman–Crippen LogP) is 2.00. The van der Waals surface area contributed by atoms with Crippen molar-refractivity contribution < 1.29 is 19.1 Å². The standard InChI is InChI=1S/C21H25N3O4/c1-14-8-6-7-11-16(14)17(24-21(22)27)13-19(25)23-18(20(26)28-2)12-15-9-4-3-5-10-15/h3-11,17-18H,12-13H2,1-2H3,(H,23,25)(H3,22,24,27)/t17-,18+/m1/s1. The normalized spacial score (nSPS) is 12.5. The van der Waals surface area contributed by atoms with Crippen LogP contribution in [0.3, 0.4) is 0 Å². The van der Waals surface area contributed by atoms with Crippen molar-refractivity contribution in [2.24, 2.45) is 5.73 Å². The van der Waals surface area contributed by atoms with Gasteiger partial charge in [0, 0.05) is 6.42 Å². The van der Waals surface area contributed by atoms with Gasteiger partial charge in [0.1, 0.15) is 6.04 Å². The van der Waals surface area contributed by atoms with Crippen LogP contribution in [0.25, 0.3) is 0 Å². The molecule has 3 amide bonds. The van der Waals surface area contributed by atoms with Gasteiger partial charge in [-0.3, -0.25) is 4.79 Å². The molecule has 0 aliphatic heterocycles. The van der Waals surface area contributed by atoms with E-state index in [1.165, 1.54) is 7.11 Å². The van der Waals surface area contributed by atoms with Gasteiger partial charge in [0.15, 0.2) is 0 Å². The molecule has 2 aromatic carbocycles. The summed E-state index contributed by atoms with van der Waals surface area (Å²) in [6.45, 7) is 1.88. The summed E-state index contributed by atoms with van der Waals surface area (Å²) in [5.41, 5.74) is 7.87. The van der Waals surface area contributed by atoms with E-state index in [4.69, 9.17) is 10.5 Å². The van der Waals surface area contributed by atoms with Crippen molar-refractivity contribution in [3.05, 3.63) is 71.3 Å². The van der Waals surface area contributed by atoms with Gasteiger partial charge in [0.05, 0.1) is 19.6 Å².